The van der Waals surface area contributed by atoms with Gasteiger partial charge in [0.25, 0.3) is 0 Å². The number of ether oxygens (including phenoxy) is 1. The molecular weight excluding hydrogens is 207 g/mol. The Morgan fingerprint density at radius 1 is 1.27 bits per heavy atom. The van der Waals surface area contributed by atoms with Gasteiger partial charge >= 0.3 is 6.18 Å². The Labute approximate surface area is 89.2 Å². The highest BCUT2D eigenvalue weighted by Gasteiger charge is 2.34. The molecule has 0 amide bonds. The highest BCUT2D eigenvalue weighted by molar-refractivity contribution is 4.85. The Hall–Kier alpha value is -0.290. The van der Waals surface area contributed by atoms with Crippen LogP contribution in [-0.2, 0) is 4.74 Å². The van der Waals surface area contributed by atoms with Gasteiger partial charge in [0.2, 0.25) is 0 Å². The molecule has 0 aliphatic heterocycles. The molecular formula is C10H20F3NO. The predicted octanol–water partition coefficient (Wildman–Crippen LogP) is 2.73. The first-order chi connectivity index (χ1) is 6.73. The second-order valence-corrected chi connectivity index (χ2v) is 4.03. The van der Waals surface area contributed by atoms with Gasteiger partial charge in [-0.25, -0.2) is 0 Å². The molecule has 0 spiro atoms. The zero-order chi connectivity index (χ0) is 12.1. The third-order valence-electron chi connectivity index (χ3n) is 2.42. The van der Waals surface area contributed by atoms with Crippen molar-refractivity contribution in [2.24, 2.45) is 0 Å². The minimum atomic E-state index is -4.10. The van der Waals surface area contributed by atoms with E-state index in [1.807, 2.05) is 6.92 Å². The van der Waals surface area contributed by atoms with Crippen molar-refractivity contribution in [2.45, 2.75) is 51.4 Å². The molecule has 92 valence electrons. The lowest BCUT2D eigenvalue weighted by atomic mass is 9.94. The van der Waals surface area contributed by atoms with Crippen molar-refractivity contribution < 1.29 is 17.9 Å². The number of halogens is 3. The molecule has 0 bridgehead atoms. The van der Waals surface area contributed by atoms with Gasteiger partial charge in [-0.3, -0.25) is 0 Å². The fraction of sp³-hybridized carbons (Fsp3) is 1.00. The van der Waals surface area contributed by atoms with Crippen LogP contribution < -0.4 is 5.32 Å². The van der Waals surface area contributed by atoms with E-state index in [4.69, 9.17) is 4.74 Å². The Morgan fingerprint density at radius 2 is 1.80 bits per heavy atom. The second-order valence-electron chi connectivity index (χ2n) is 4.03. The third kappa shape index (κ3) is 5.99. The number of nitrogens with one attached hydrogen (secondary N) is 1. The average Bonchev–Trinajstić information content (AvgIpc) is 2.02. The van der Waals surface area contributed by atoms with Crippen molar-refractivity contribution in [1.29, 1.82) is 0 Å². The molecule has 0 saturated heterocycles. The summed E-state index contributed by atoms with van der Waals surface area (Å²) >= 11 is 0. The van der Waals surface area contributed by atoms with Crippen LogP contribution in [0.15, 0.2) is 0 Å². The van der Waals surface area contributed by atoms with E-state index in [-0.39, 0.29) is 12.5 Å². The summed E-state index contributed by atoms with van der Waals surface area (Å²) in [5.74, 6) is 0. The van der Waals surface area contributed by atoms with Crippen molar-refractivity contribution >= 4 is 0 Å². The van der Waals surface area contributed by atoms with Crippen molar-refractivity contribution in [1.82, 2.24) is 5.32 Å². The van der Waals surface area contributed by atoms with Crippen molar-refractivity contribution in [3.8, 4) is 0 Å². The van der Waals surface area contributed by atoms with E-state index in [0.29, 0.717) is 6.61 Å². The largest absolute Gasteiger partial charge is 0.389 e. The van der Waals surface area contributed by atoms with Gasteiger partial charge in [0.15, 0.2) is 0 Å². The monoisotopic (exact) mass is 227 g/mol. The third-order valence-corrected chi connectivity index (χ3v) is 2.42. The Bertz CT molecular complexity index is 180. The molecule has 0 aromatic rings. The number of hydrogen-bond acceptors (Lipinski definition) is 2. The number of rotatable bonds is 6. The normalized spacial score (nSPS) is 15.4. The highest BCUT2D eigenvalue weighted by Crippen LogP contribution is 2.26. The first kappa shape index (κ1) is 14.7. The summed E-state index contributed by atoms with van der Waals surface area (Å²) in [5.41, 5.74) is -0.575. The lowest BCUT2D eigenvalue weighted by Crippen LogP contribution is -2.47. The first-order valence-corrected chi connectivity index (χ1v) is 5.11. The highest BCUT2D eigenvalue weighted by atomic mass is 19.4. The molecule has 15 heavy (non-hydrogen) atoms. The van der Waals surface area contributed by atoms with Gasteiger partial charge in [-0.2, -0.15) is 13.2 Å². The molecule has 0 aliphatic carbocycles. The molecule has 0 saturated carbocycles. The van der Waals surface area contributed by atoms with Crippen LogP contribution in [-0.4, -0.2) is 31.5 Å². The Balaban J connectivity index is 4.24. The number of likely N-dealkylation sites (N-methyl/N-ethyl adjacent to an activating group) is 1. The fourth-order valence-corrected chi connectivity index (χ4v) is 1.62. The average molecular weight is 227 g/mol. The van der Waals surface area contributed by atoms with Gasteiger partial charge in [0, 0.05) is 19.1 Å². The van der Waals surface area contributed by atoms with E-state index in [2.05, 4.69) is 5.32 Å². The maximum Gasteiger partial charge on any atom is 0.389 e. The minimum Gasteiger partial charge on any atom is -0.374 e. The van der Waals surface area contributed by atoms with E-state index in [1.54, 1.807) is 20.9 Å². The molecule has 0 aliphatic rings. The van der Waals surface area contributed by atoms with E-state index in [1.165, 1.54) is 0 Å². The standard InChI is InChI=1S/C10H20F3NO/c1-5-15-9(2,3)8(14-4)6-7-10(11,12)13/h8,14H,5-7H2,1-4H3. The maximum absolute atomic E-state index is 12.1. The molecule has 0 aromatic carbocycles. The molecule has 0 radical (unpaired) electrons. The van der Waals surface area contributed by atoms with Gasteiger partial charge in [-0.05, 0) is 34.2 Å². The Morgan fingerprint density at radius 3 is 2.13 bits per heavy atom. The summed E-state index contributed by atoms with van der Waals surface area (Å²) in [6.45, 7) is 5.93. The summed E-state index contributed by atoms with van der Waals surface area (Å²) < 4.78 is 41.6. The van der Waals surface area contributed by atoms with E-state index >= 15 is 0 Å². The fourth-order valence-electron chi connectivity index (χ4n) is 1.62. The van der Waals surface area contributed by atoms with Gasteiger partial charge in [0.1, 0.15) is 0 Å². The topological polar surface area (TPSA) is 21.3 Å². The first-order valence-electron chi connectivity index (χ1n) is 5.11. The van der Waals surface area contributed by atoms with Gasteiger partial charge < -0.3 is 10.1 Å². The predicted molar refractivity (Wildman–Crippen MR) is 53.8 cm³/mol. The van der Waals surface area contributed by atoms with Crippen molar-refractivity contribution in [3.63, 3.8) is 0 Å². The SMILES string of the molecule is CCOC(C)(C)C(CCC(F)(F)F)NC. The maximum atomic E-state index is 12.1. The Kier molecular flexibility index (Phi) is 5.59. The van der Waals surface area contributed by atoms with Gasteiger partial charge in [-0.15, -0.1) is 0 Å². The van der Waals surface area contributed by atoms with Crippen LogP contribution in [0.3, 0.4) is 0 Å². The second kappa shape index (κ2) is 5.70. The van der Waals surface area contributed by atoms with Crippen LogP contribution in [0.25, 0.3) is 0 Å². The van der Waals surface area contributed by atoms with Crippen LogP contribution in [0.5, 0.6) is 0 Å². The van der Waals surface area contributed by atoms with Gasteiger partial charge in [0.05, 0.1) is 5.60 Å². The summed E-state index contributed by atoms with van der Waals surface area (Å²) in [6, 6.07) is -0.293. The summed E-state index contributed by atoms with van der Waals surface area (Å²) in [7, 11) is 1.65. The van der Waals surface area contributed by atoms with Crippen LogP contribution in [0.2, 0.25) is 0 Å². The van der Waals surface area contributed by atoms with Gasteiger partial charge in [-0.1, -0.05) is 0 Å². The molecule has 0 rings (SSSR count). The molecule has 1 N–H and O–H groups in total. The van der Waals surface area contributed by atoms with E-state index in [0.717, 1.165) is 0 Å². The molecule has 1 unspecified atom stereocenters. The summed E-state index contributed by atoms with van der Waals surface area (Å²) in [5, 5.41) is 2.87. The molecule has 0 aromatic heterocycles. The van der Waals surface area contributed by atoms with Crippen molar-refractivity contribution in [3.05, 3.63) is 0 Å². The van der Waals surface area contributed by atoms with Crippen molar-refractivity contribution in [2.75, 3.05) is 13.7 Å². The smallest absolute Gasteiger partial charge is 0.374 e. The quantitative estimate of drug-likeness (QED) is 0.753. The zero-order valence-electron chi connectivity index (χ0n) is 9.74. The van der Waals surface area contributed by atoms with Crippen LogP contribution >= 0.6 is 0 Å². The molecule has 0 heterocycles. The molecule has 1 atom stereocenters. The summed E-state index contributed by atoms with van der Waals surface area (Å²) in [6.07, 6.45) is -4.85. The number of hydrogen-bond donors (Lipinski definition) is 1. The van der Waals surface area contributed by atoms with Crippen LogP contribution in [0.1, 0.15) is 33.6 Å². The van der Waals surface area contributed by atoms with Crippen LogP contribution in [0.4, 0.5) is 13.2 Å². The van der Waals surface area contributed by atoms with E-state index < -0.39 is 18.2 Å². The lowest BCUT2D eigenvalue weighted by molar-refractivity contribution is -0.141. The minimum absolute atomic E-state index is 0.0347. The zero-order valence-corrected chi connectivity index (χ0v) is 9.74. The molecule has 5 heteroatoms. The summed E-state index contributed by atoms with van der Waals surface area (Å²) in [4.78, 5) is 0. The molecule has 0 fully saturated rings. The lowest BCUT2D eigenvalue weighted by Gasteiger charge is -2.34. The number of alkyl halides is 3. The molecule has 2 nitrogen and oxygen atoms in total. The van der Waals surface area contributed by atoms with E-state index in [9.17, 15) is 13.2 Å². The van der Waals surface area contributed by atoms with Crippen LogP contribution in [0, 0.1) is 0 Å².